The molecule has 396 valence electrons. The number of rotatable bonds is 13. The van der Waals surface area contributed by atoms with E-state index in [0.29, 0.717) is 67.0 Å². The van der Waals surface area contributed by atoms with Crippen LogP contribution in [0.1, 0.15) is 106 Å². The number of para-hydroxylation sites is 1. The van der Waals surface area contributed by atoms with Crippen LogP contribution in [-0.2, 0) is 38.7 Å². The first-order chi connectivity index (χ1) is 36.2. The molecule has 0 aromatic heterocycles. The van der Waals surface area contributed by atoms with Crippen molar-refractivity contribution in [2.75, 3.05) is 46.4 Å². The molecule has 0 saturated carbocycles. The Kier molecular flexibility index (Phi) is 21.2. The van der Waals surface area contributed by atoms with Crippen LogP contribution in [0.4, 0.5) is 0 Å². The second-order valence-electron chi connectivity index (χ2n) is 18.9. The van der Waals surface area contributed by atoms with Gasteiger partial charge in [0, 0.05) is 61.5 Å². The van der Waals surface area contributed by atoms with Gasteiger partial charge in [-0.25, -0.2) is 8.42 Å². The molecule has 9 rings (SSSR count). The third-order valence-electron chi connectivity index (χ3n) is 13.4. The van der Waals surface area contributed by atoms with Gasteiger partial charge in [-0.3, -0.25) is 18.6 Å². The Bertz CT molecular complexity index is 3010. The molecule has 16 heteroatoms. The molecule has 0 N–H and O–H groups in total. The van der Waals surface area contributed by atoms with Gasteiger partial charge < -0.3 is 24.2 Å². The fourth-order valence-electron chi connectivity index (χ4n) is 9.01. The van der Waals surface area contributed by atoms with Crippen molar-refractivity contribution in [2.45, 2.75) is 86.2 Å². The van der Waals surface area contributed by atoms with Crippen LogP contribution in [-0.4, -0.2) is 91.4 Å². The maximum absolute atomic E-state index is 12.7. The number of nitrogens with zero attached hydrogens (tertiary/aromatic N) is 3. The minimum atomic E-state index is -3.52. The van der Waals surface area contributed by atoms with Gasteiger partial charge in [-0.2, -0.15) is 0 Å². The predicted octanol–water partition coefficient (Wildman–Crippen LogP) is 13.0. The highest BCUT2D eigenvalue weighted by molar-refractivity contribution is 7.90. The number of likely N-dealkylation sites (tertiary alicyclic amines) is 3. The van der Waals surface area contributed by atoms with E-state index in [1.54, 1.807) is 73.8 Å². The van der Waals surface area contributed by atoms with E-state index in [1.807, 2.05) is 81.4 Å². The van der Waals surface area contributed by atoms with Crippen LogP contribution < -0.4 is 9.47 Å². The fraction of sp³-hybridized carbons (Fsp3) is 0.339. The van der Waals surface area contributed by atoms with Crippen LogP contribution in [0.2, 0.25) is 15.1 Å². The lowest BCUT2D eigenvalue weighted by atomic mass is 9.98. The Hall–Kier alpha value is -5.70. The minimum absolute atomic E-state index is 0.0141. The maximum atomic E-state index is 12.7. The first-order valence-corrected chi connectivity index (χ1v) is 29.5. The monoisotopic (exact) mass is 1110 g/mol. The summed E-state index contributed by atoms with van der Waals surface area (Å²) in [5, 5.41) is 1.31. The van der Waals surface area contributed by atoms with Crippen molar-refractivity contribution in [2.24, 2.45) is 5.92 Å². The molecule has 0 aliphatic carbocycles. The van der Waals surface area contributed by atoms with Crippen LogP contribution >= 0.6 is 34.8 Å². The Morgan fingerprint density at radius 2 is 1.04 bits per heavy atom. The number of hydrogen-bond acceptors (Lipinski definition) is 8. The van der Waals surface area contributed by atoms with E-state index in [2.05, 4.69) is 6.92 Å². The highest BCUT2D eigenvalue weighted by Gasteiger charge is 2.24. The molecule has 0 spiro atoms. The summed E-state index contributed by atoms with van der Waals surface area (Å²) in [6.45, 7) is 7.47. The van der Waals surface area contributed by atoms with Crippen LogP contribution in [0.25, 0.3) is 0 Å². The number of benzene rings is 6. The number of carbonyl (C=O) groups excluding carboxylic acids is 3. The van der Waals surface area contributed by atoms with E-state index in [4.69, 9.17) is 44.3 Å². The van der Waals surface area contributed by atoms with Crippen molar-refractivity contribution in [3.63, 3.8) is 0 Å². The maximum Gasteiger partial charge on any atom is 0.253 e. The summed E-state index contributed by atoms with van der Waals surface area (Å²) in [5.74, 6) is 2.38. The highest BCUT2D eigenvalue weighted by Crippen LogP contribution is 2.29. The number of carbonyl (C=O) groups is 3. The normalized spacial score (nSPS) is 15.3. The molecule has 1 atom stereocenters. The van der Waals surface area contributed by atoms with E-state index < -0.39 is 20.6 Å². The summed E-state index contributed by atoms with van der Waals surface area (Å²) < 4.78 is 48.8. The number of sulfone groups is 1. The number of piperidine rings is 3. The molecule has 3 aliphatic heterocycles. The van der Waals surface area contributed by atoms with Gasteiger partial charge in [0.2, 0.25) is 0 Å². The molecule has 3 aliphatic rings. The third kappa shape index (κ3) is 16.2. The van der Waals surface area contributed by atoms with Crippen molar-refractivity contribution in [1.82, 2.24) is 14.7 Å². The number of ether oxygens (including phenoxy) is 2. The summed E-state index contributed by atoms with van der Waals surface area (Å²) in [6, 6.07) is 40.7. The van der Waals surface area contributed by atoms with Crippen LogP contribution in [0.15, 0.2) is 149 Å². The Labute approximate surface area is 459 Å². The molecule has 3 heterocycles. The van der Waals surface area contributed by atoms with E-state index in [1.165, 1.54) is 18.9 Å². The molecule has 0 radical (unpaired) electrons. The zero-order valence-corrected chi connectivity index (χ0v) is 46.3. The first kappa shape index (κ1) is 57.0. The summed E-state index contributed by atoms with van der Waals surface area (Å²) >= 11 is 18.2. The molecule has 11 nitrogen and oxygen atoms in total. The van der Waals surface area contributed by atoms with E-state index in [-0.39, 0.29) is 33.4 Å². The van der Waals surface area contributed by atoms with Gasteiger partial charge in [0.05, 0.1) is 54.3 Å². The Balaban J connectivity index is 0.000000164. The molecule has 6 aromatic carbocycles. The van der Waals surface area contributed by atoms with Crippen LogP contribution in [0.3, 0.4) is 0 Å². The summed E-state index contributed by atoms with van der Waals surface area (Å²) in [7, 11) is -3.12. The van der Waals surface area contributed by atoms with Crippen molar-refractivity contribution < 1.29 is 36.5 Å². The number of amides is 3. The SMILES string of the molecule is COc1cc(C(=O)N2CCC(C)CC2)ccc1COc1ccccc1Cl.O=C(c1ccc(CS(=O)(=O)c2ccccc2Cl)cc1)N1CCCCC1.O=C(c1ccc(CS(=O)c2ccccc2Cl)cc1)N1CCCCC1. The molecule has 75 heavy (non-hydrogen) atoms. The van der Waals surface area contributed by atoms with Gasteiger partial charge in [-0.1, -0.05) is 108 Å². The average Bonchev–Trinajstić information content (AvgIpc) is 3.44. The van der Waals surface area contributed by atoms with Gasteiger partial charge in [0.25, 0.3) is 17.7 Å². The molecule has 6 aromatic rings. The molecule has 1 unspecified atom stereocenters. The van der Waals surface area contributed by atoms with Crippen molar-refractivity contribution in [1.29, 1.82) is 0 Å². The van der Waals surface area contributed by atoms with Crippen molar-refractivity contribution >= 4 is 73.2 Å². The lowest BCUT2D eigenvalue weighted by Gasteiger charge is -2.30. The Morgan fingerprint density at radius 3 is 1.59 bits per heavy atom. The lowest BCUT2D eigenvalue weighted by molar-refractivity contribution is 0.0694. The summed E-state index contributed by atoms with van der Waals surface area (Å²) in [6.07, 6.45) is 8.75. The van der Waals surface area contributed by atoms with E-state index >= 15 is 0 Å². The minimum Gasteiger partial charge on any atom is -0.496 e. The van der Waals surface area contributed by atoms with E-state index in [0.717, 1.165) is 88.9 Å². The molecule has 3 amide bonds. The molecule has 0 bridgehead atoms. The number of hydrogen-bond donors (Lipinski definition) is 0. The van der Waals surface area contributed by atoms with Crippen LogP contribution in [0.5, 0.6) is 11.5 Å². The quantitative estimate of drug-likeness (QED) is 0.112. The second-order valence-corrected chi connectivity index (χ2v) is 23.5. The highest BCUT2D eigenvalue weighted by atomic mass is 35.5. The zero-order valence-electron chi connectivity index (χ0n) is 42.4. The largest absolute Gasteiger partial charge is 0.496 e. The molecule has 3 saturated heterocycles. The second kappa shape index (κ2) is 27.9. The summed E-state index contributed by atoms with van der Waals surface area (Å²) in [4.78, 5) is 44.1. The van der Waals surface area contributed by atoms with Gasteiger partial charge in [0.1, 0.15) is 18.1 Å². The number of halogens is 3. The summed E-state index contributed by atoms with van der Waals surface area (Å²) in [5.41, 5.74) is 4.39. The topological polar surface area (TPSA) is 131 Å². The fourth-order valence-corrected chi connectivity index (χ4v) is 12.7. The Morgan fingerprint density at radius 1 is 0.560 bits per heavy atom. The predicted molar refractivity (Wildman–Crippen MR) is 299 cm³/mol. The molecular formula is C59H64Cl3N3O8S2. The standard InChI is InChI=1S/C21H24ClNO3.C19H20ClNO3S.C19H20ClNO2S/c1-15-9-11-23(12-10-15)21(24)16-7-8-17(20(13-16)25-2)14-26-19-6-4-3-5-18(19)22;20-17-6-2-3-7-18(17)25(23,24)14-15-8-10-16(11-9-15)19(22)21-12-4-1-5-13-21;20-17-6-2-3-7-18(17)24(23)14-15-8-10-16(11-9-15)19(22)21-12-4-1-5-13-21/h3-8,13,15H,9-12,14H2,1-2H3;2-3,6-11H,1,4-5,12-14H2;2-3,6-11H,1,4-5,12-14H2. The third-order valence-corrected chi connectivity index (χ3v) is 17.8. The van der Waals surface area contributed by atoms with Gasteiger partial charge in [-0.15, -0.1) is 0 Å². The first-order valence-electron chi connectivity index (χ1n) is 25.4. The smallest absolute Gasteiger partial charge is 0.253 e. The molecule has 3 fully saturated rings. The molecular weight excluding hydrogens is 1050 g/mol. The lowest BCUT2D eigenvalue weighted by Crippen LogP contribution is -2.37. The van der Waals surface area contributed by atoms with Crippen LogP contribution in [0, 0.1) is 5.92 Å². The number of methoxy groups -OCH3 is 1. The zero-order chi connectivity index (χ0) is 53.3. The van der Waals surface area contributed by atoms with Crippen molar-refractivity contribution in [3.05, 3.63) is 188 Å². The van der Waals surface area contributed by atoms with Gasteiger partial charge >= 0.3 is 0 Å². The van der Waals surface area contributed by atoms with Gasteiger partial charge in [-0.05, 0) is 141 Å². The average molecular weight is 1110 g/mol. The van der Waals surface area contributed by atoms with Crippen molar-refractivity contribution in [3.8, 4) is 11.5 Å². The van der Waals surface area contributed by atoms with E-state index in [9.17, 15) is 27.0 Å². The van der Waals surface area contributed by atoms with Gasteiger partial charge in [0.15, 0.2) is 9.84 Å².